The number of nitrogens with one attached hydrogen (secondary N) is 1. The zero-order valence-electron chi connectivity index (χ0n) is 7.11. The molecule has 2 heterocycles. The van der Waals surface area contributed by atoms with Crippen molar-refractivity contribution in [3.05, 3.63) is 35.6 Å². The molecule has 2 aromatic heterocycles. The van der Waals surface area contributed by atoms with E-state index in [4.69, 9.17) is 0 Å². The Bertz CT molecular complexity index is 383. The van der Waals surface area contributed by atoms with Gasteiger partial charge in [0.1, 0.15) is 0 Å². The first-order valence-corrected chi connectivity index (χ1v) is 4.68. The van der Waals surface area contributed by atoms with Gasteiger partial charge in [0.05, 0.1) is 11.1 Å². The maximum Gasteiger partial charge on any atom is 0.187 e. The van der Waals surface area contributed by atoms with E-state index in [0.29, 0.717) is 0 Å². The Morgan fingerprint density at radius 1 is 1.38 bits per heavy atom. The van der Waals surface area contributed by atoms with E-state index < -0.39 is 0 Å². The number of aryl methyl sites for hydroxylation is 1. The van der Waals surface area contributed by atoms with Crippen LogP contribution in [0.1, 0.15) is 5.69 Å². The predicted octanol–water partition coefficient (Wildman–Crippen LogP) is 2.39. The lowest BCUT2D eigenvalue weighted by molar-refractivity contribution is 1.25. The van der Waals surface area contributed by atoms with Gasteiger partial charge < -0.3 is 5.32 Å². The van der Waals surface area contributed by atoms with Crippen LogP contribution in [0, 0.1) is 12.3 Å². The Labute approximate surface area is 80.5 Å². The molecule has 0 aliphatic carbocycles. The summed E-state index contributed by atoms with van der Waals surface area (Å²) < 4.78 is 0. The van der Waals surface area contributed by atoms with E-state index in [0.717, 1.165) is 16.5 Å². The van der Waals surface area contributed by atoms with Crippen molar-refractivity contribution in [2.45, 2.75) is 6.92 Å². The summed E-state index contributed by atoms with van der Waals surface area (Å²) in [7, 11) is 0. The van der Waals surface area contributed by atoms with E-state index in [2.05, 4.69) is 20.7 Å². The van der Waals surface area contributed by atoms with Gasteiger partial charge in [-0.05, 0) is 19.1 Å². The van der Waals surface area contributed by atoms with Crippen molar-refractivity contribution >= 4 is 22.2 Å². The number of aromatic nitrogens is 2. The number of rotatable bonds is 2. The number of hydrogen-bond donors (Lipinski definition) is 1. The molecule has 0 aromatic carbocycles. The van der Waals surface area contributed by atoms with Gasteiger partial charge in [-0.1, -0.05) is 11.3 Å². The van der Waals surface area contributed by atoms with Crippen LogP contribution in [-0.2, 0) is 0 Å². The van der Waals surface area contributed by atoms with Crippen LogP contribution in [0.15, 0.2) is 24.5 Å². The van der Waals surface area contributed by atoms with Gasteiger partial charge in [0.2, 0.25) is 0 Å². The monoisotopic (exact) mass is 190 g/mol. The van der Waals surface area contributed by atoms with E-state index in [1.165, 1.54) is 11.3 Å². The standard InChI is InChI=1S/C9H8N3S/c1-7-6-13-9(11-7)12-8-2-4-10-5-3-8/h2-5H,1H3,(H,10,11,12). The van der Waals surface area contributed by atoms with E-state index in [-0.39, 0.29) is 0 Å². The first kappa shape index (κ1) is 8.19. The lowest BCUT2D eigenvalue weighted by atomic mass is 10.4. The molecule has 4 heteroatoms. The molecule has 0 aliphatic heterocycles. The molecule has 1 radical (unpaired) electrons. The third kappa shape index (κ3) is 2.03. The van der Waals surface area contributed by atoms with Crippen LogP contribution in [0.2, 0.25) is 0 Å². The van der Waals surface area contributed by atoms with Crippen molar-refractivity contribution in [2.24, 2.45) is 0 Å². The minimum Gasteiger partial charge on any atom is -0.331 e. The average molecular weight is 190 g/mol. The summed E-state index contributed by atoms with van der Waals surface area (Å²) >= 11 is 1.48. The summed E-state index contributed by atoms with van der Waals surface area (Å²) in [5.74, 6) is 0. The second kappa shape index (κ2) is 3.53. The highest BCUT2D eigenvalue weighted by molar-refractivity contribution is 7.13. The van der Waals surface area contributed by atoms with Crippen molar-refractivity contribution in [3.8, 4) is 0 Å². The molecule has 0 spiro atoms. The SMILES string of the molecule is Cc1[c]sc(Nc2ccncc2)n1. The smallest absolute Gasteiger partial charge is 0.187 e. The molecule has 0 amide bonds. The van der Waals surface area contributed by atoms with Gasteiger partial charge >= 0.3 is 0 Å². The summed E-state index contributed by atoms with van der Waals surface area (Å²) in [6.07, 6.45) is 3.49. The molecule has 0 saturated carbocycles. The molecular formula is C9H8N3S. The first-order chi connectivity index (χ1) is 6.34. The molecule has 0 unspecified atom stereocenters. The van der Waals surface area contributed by atoms with Crippen molar-refractivity contribution in [1.29, 1.82) is 0 Å². The fourth-order valence-corrected chi connectivity index (χ4v) is 1.57. The fourth-order valence-electron chi connectivity index (χ4n) is 0.932. The largest absolute Gasteiger partial charge is 0.331 e. The molecule has 0 fully saturated rings. The molecule has 13 heavy (non-hydrogen) atoms. The maximum atomic E-state index is 4.24. The zero-order valence-corrected chi connectivity index (χ0v) is 7.93. The maximum absolute atomic E-state index is 4.24. The van der Waals surface area contributed by atoms with Gasteiger partial charge in [-0.2, -0.15) is 0 Å². The molecule has 0 aliphatic rings. The van der Waals surface area contributed by atoms with Crippen molar-refractivity contribution < 1.29 is 0 Å². The van der Waals surface area contributed by atoms with Crippen LogP contribution in [0.4, 0.5) is 10.8 Å². The van der Waals surface area contributed by atoms with Crippen molar-refractivity contribution in [3.63, 3.8) is 0 Å². The predicted molar refractivity (Wildman–Crippen MR) is 53.2 cm³/mol. The summed E-state index contributed by atoms with van der Waals surface area (Å²) in [4.78, 5) is 8.16. The van der Waals surface area contributed by atoms with Crippen LogP contribution in [-0.4, -0.2) is 9.97 Å². The summed E-state index contributed by atoms with van der Waals surface area (Å²) in [5, 5.41) is 7.07. The second-order valence-electron chi connectivity index (χ2n) is 2.57. The van der Waals surface area contributed by atoms with Gasteiger partial charge in [-0.15, -0.1) is 0 Å². The van der Waals surface area contributed by atoms with Gasteiger partial charge in [0, 0.05) is 18.1 Å². The number of nitrogens with zero attached hydrogens (tertiary/aromatic N) is 2. The molecule has 0 bridgehead atoms. The minimum atomic E-state index is 0.865. The van der Waals surface area contributed by atoms with E-state index >= 15 is 0 Å². The highest BCUT2D eigenvalue weighted by atomic mass is 32.1. The van der Waals surface area contributed by atoms with Crippen molar-refractivity contribution in [2.75, 3.05) is 5.32 Å². The van der Waals surface area contributed by atoms with Crippen LogP contribution in [0.3, 0.4) is 0 Å². The average Bonchev–Trinajstić information content (AvgIpc) is 2.53. The van der Waals surface area contributed by atoms with Gasteiger partial charge in [0.15, 0.2) is 5.13 Å². The Balaban J connectivity index is 2.15. The van der Waals surface area contributed by atoms with Crippen LogP contribution < -0.4 is 5.32 Å². The minimum absolute atomic E-state index is 0.865. The Kier molecular flexibility index (Phi) is 2.23. The normalized spacial score (nSPS) is 9.92. The Hall–Kier alpha value is -1.42. The quantitative estimate of drug-likeness (QED) is 0.790. The summed E-state index contributed by atoms with van der Waals surface area (Å²) in [6.45, 7) is 1.92. The number of hydrogen-bond acceptors (Lipinski definition) is 4. The Morgan fingerprint density at radius 2 is 2.15 bits per heavy atom. The van der Waals surface area contributed by atoms with Crippen LogP contribution in [0.5, 0.6) is 0 Å². The van der Waals surface area contributed by atoms with Crippen LogP contribution >= 0.6 is 11.3 Å². The topological polar surface area (TPSA) is 37.8 Å². The zero-order chi connectivity index (χ0) is 9.10. The number of thiazole rings is 1. The lowest BCUT2D eigenvalue weighted by Crippen LogP contribution is -1.88. The lowest BCUT2D eigenvalue weighted by Gasteiger charge is -1.99. The van der Waals surface area contributed by atoms with Gasteiger partial charge in [-0.3, -0.25) is 4.98 Å². The molecule has 0 saturated heterocycles. The van der Waals surface area contributed by atoms with Crippen molar-refractivity contribution in [1.82, 2.24) is 9.97 Å². The molecule has 1 N–H and O–H groups in total. The van der Waals surface area contributed by atoms with Gasteiger partial charge in [0.25, 0.3) is 0 Å². The van der Waals surface area contributed by atoms with E-state index in [9.17, 15) is 0 Å². The molecule has 0 atom stereocenters. The highest BCUT2D eigenvalue weighted by Crippen LogP contribution is 2.18. The second-order valence-corrected chi connectivity index (χ2v) is 3.36. The Morgan fingerprint density at radius 3 is 2.77 bits per heavy atom. The van der Waals surface area contributed by atoms with E-state index in [1.54, 1.807) is 12.4 Å². The summed E-state index contributed by atoms with van der Waals surface area (Å²) in [6, 6.07) is 3.80. The third-order valence-corrected chi connectivity index (χ3v) is 2.28. The molecule has 3 nitrogen and oxygen atoms in total. The van der Waals surface area contributed by atoms with E-state index in [1.807, 2.05) is 19.1 Å². The highest BCUT2D eigenvalue weighted by Gasteiger charge is 1.97. The third-order valence-electron chi connectivity index (χ3n) is 1.50. The molecule has 2 aromatic rings. The molecule has 65 valence electrons. The summed E-state index contributed by atoms with van der Waals surface area (Å²) in [5.41, 5.74) is 1.92. The number of anilines is 2. The molecule has 2 rings (SSSR count). The van der Waals surface area contributed by atoms with Gasteiger partial charge in [-0.25, -0.2) is 4.98 Å². The van der Waals surface area contributed by atoms with Crippen LogP contribution in [0.25, 0.3) is 0 Å². The first-order valence-electron chi connectivity index (χ1n) is 3.87. The fraction of sp³-hybridized carbons (Fsp3) is 0.111. The number of pyridine rings is 1. The molecular weight excluding hydrogens is 182 g/mol.